The van der Waals surface area contributed by atoms with Crippen LogP contribution in [-0.4, -0.2) is 81.5 Å². The third-order valence-electron chi connectivity index (χ3n) is 9.08. The number of rotatable bonds is 18. The minimum absolute atomic E-state index is 0.177. The van der Waals surface area contributed by atoms with Gasteiger partial charge in [-0.05, 0) is 109 Å². The SMILES string of the molecule is C=CC(=O)OCCCCCCOc1ccc(C(OO)c2c(C)cc(/C=N/N=C/c3ccc(OC(=O)C4COC5C(OC)COC45)cc3)cc2C)cc1. The molecule has 1 N–H and O–H groups in total. The number of unbranched alkanes of at least 4 members (excludes halogenated alkanes) is 3. The second kappa shape index (κ2) is 19.2. The van der Waals surface area contributed by atoms with Gasteiger partial charge >= 0.3 is 11.9 Å². The Kier molecular flexibility index (Phi) is 14.2. The second-order valence-corrected chi connectivity index (χ2v) is 12.7. The van der Waals surface area contributed by atoms with Gasteiger partial charge < -0.3 is 28.4 Å². The molecule has 276 valence electrons. The lowest BCUT2D eigenvalue weighted by molar-refractivity contribution is -0.270. The Morgan fingerprint density at radius 2 is 1.50 bits per heavy atom. The summed E-state index contributed by atoms with van der Waals surface area (Å²) in [5, 5.41) is 18.3. The summed E-state index contributed by atoms with van der Waals surface area (Å²) in [6.45, 7) is 8.90. The molecule has 0 spiro atoms. The first-order valence-electron chi connectivity index (χ1n) is 17.4. The Morgan fingerprint density at radius 1 is 0.865 bits per heavy atom. The van der Waals surface area contributed by atoms with Gasteiger partial charge in [0.25, 0.3) is 0 Å². The molecule has 2 aliphatic heterocycles. The van der Waals surface area contributed by atoms with Gasteiger partial charge in [-0.2, -0.15) is 10.2 Å². The molecule has 12 heteroatoms. The first-order chi connectivity index (χ1) is 25.3. The number of esters is 2. The molecular formula is C40H46N2O10. The van der Waals surface area contributed by atoms with Gasteiger partial charge in [-0.1, -0.05) is 30.8 Å². The molecule has 0 radical (unpaired) electrons. The van der Waals surface area contributed by atoms with Crippen molar-refractivity contribution in [1.29, 1.82) is 0 Å². The molecule has 2 heterocycles. The molecule has 0 amide bonds. The lowest BCUT2D eigenvalue weighted by Gasteiger charge is -2.20. The normalized spacial score (nSPS) is 20.2. The third kappa shape index (κ3) is 10.2. The van der Waals surface area contributed by atoms with Crippen molar-refractivity contribution in [3.8, 4) is 11.5 Å². The number of hydrogen-bond donors (Lipinski definition) is 1. The Hall–Kier alpha value is -4.72. The van der Waals surface area contributed by atoms with Gasteiger partial charge in [-0.3, -0.25) is 10.1 Å². The molecule has 3 aromatic carbocycles. The van der Waals surface area contributed by atoms with Gasteiger partial charge in [0, 0.05) is 13.2 Å². The molecule has 5 atom stereocenters. The van der Waals surface area contributed by atoms with Crippen molar-refractivity contribution in [2.45, 2.75) is 63.9 Å². The maximum absolute atomic E-state index is 12.8. The fourth-order valence-electron chi connectivity index (χ4n) is 6.38. The minimum atomic E-state index is -0.682. The molecule has 0 saturated carbocycles. The van der Waals surface area contributed by atoms with E-state index < -0.39 is 24.0 Å². The van der Waals surface area contributed by atoms with Gasteiger partial charge in [0.2, 0.25) is 0 Å². The van der Waals surface area contributed by atoms with Crippen molar-refractivity contribution in [1.82, 2.24) is 0 Å². The fraction of sp³-hybridized carbons (Fsp3) is 0.400. The first kappa shape index (κ1) is 38.5. The number of hydrogen-bond acceptors (Lipinski definition) is 12. The Labute approximate surface area is 303 Å². The van der Waals surface area contributed by atoms with E-state index in [1.807, 2.05) is 50.2 Å². The number of ether oxygens (including phenoxy) is 6. The standard InChI is InChI=1S/C40H46N2O10/c1-5-35(43)48-19-9-7-6-8-18-47-31-16-12-30(13-17-31)37(52-45)36-26(2)20-29(21-27(36)3)23-42-41-22-28-10-14-32(15-11-28)51-40(44)33-24-49-39-34(46-4)25-50-38(33)39/h5,10-17,20-23,33-34,37-39,45H,1,6-9,18-19,24-25H2,2-4H3/b41-22+,42-23+. The van der Waals surface area contributed by atoms with Crippen LogP contribution in [-0.2, 0) is 33.4 Å². The molecule has 2 aliphatic rings. The summed E-state index contributed by atoms with van der Waals surface area (Å²) < 4.78 is 33.3. The minimum Gasteiger partial charge on any atom is -0.494 e. The molecular weight excluding hydrogens is 668 g/mol. The van der Waals surface area contributed by atoms with Gasteiger partial charge in [0.15, 0.2) is 0 Å². The van der Waals surface area contributed by atoms with Crippen LogP contribution in [0.4, 0.5) is 0 Å². The zero-order valence-corrected chi connectivity index (χ0v) is 29.8. The summed E-state index contributed by atoms with van der Waals surface area (Å²) in [5.74, 6) is -0.142. The summed E-state index contributed by atoms with van der Waals surface area (Å²) in [4.78, 5) is 28.8. The molecule has 12 nitrogen and oxygen atoms in total. The number of fused-ring (bicyclic) bond motifs is 1. The highest BCUT2D eigenvalue weighted by molar-refractivity contribution is 5.84. The van der Waals surface area contributed by atoms with E-state index in [1.165, 1.54) is 6.08 Å². The highest BCUT2D eigenvalue weighted by Gasteiger charge is 2.51. The lowest BCUT2D eigenvalue weighted by Crippen LogP contribution is -2.34. The number of aryl methyl sites for hydroxylation is 2. The number of carbonyl (C=O) groups excluding carboxylic acids is 2. The molecule has 5 rings (SSSR count). The van der Waals surface area contributed by atoms with Gasteiger partial charge in [0.05, 0.1) is 38.9 Å². The maximum Gasteiger partial charge on any atom is 0.330 e. The van der Waals surface area contributed by atoms with Crippen molar-refractivity contribution in [3.63, 3.8) is 0 Å². The molecule has 2 saturated heterocycles. The topological polar surface area (TPSA) is 144 Å². The largest absolute Gasteiger partial charge is 0.494 e. The van der Waals surface area contributed by atoms with Crippen LogP contribution < -0.4 is 9.47 Å². The Balaban J connectivity index is 1.09. The van der Waals surface area contributed by atoms with Crippen LogP contribution in [0.25, 0.3) is 0 Å². The van der Waals surface area contributed by atoms with Crippen molar-refractivity contribution in [2.75, 3.05) is 33.5 Å². The van der Waals surface area contributed by atoms with Crippen LogP contribution in [0, 0.1) is 19.8 Å². The summed E-state index contributed by atoms with van der Waals surface area (Å²) in [6.07, 6.45) is 6.56. The zero-order chi connectivity index (χ0) is 36.9. The monoisotopic (exact) mass is 714 g/mol. The van der Waals surface area contributed by atoms with Crippen LogP contribution in [0.1, 0.15) is 65.2 Å². The molecule has 0 aromatic heterocycles. The summed E-state index contributed by atoms with van der Waals surface area (Å²) >= 11 is 0. The Bertz CT molecular complexity index is 1680. The number of benzene rings is 3. The van der Waals surface area contributed by atoms with E-state index >= 15 is 0 Å². The zero-order valence-electron chi connectivity index (χ0n) is 29.8. The van der Waals surface area contributed by atoms with Gasteiger partial charge in [-0.25, -0.2) is 9.68 Å². The third-order valence-corrected chi connectivity index (χ3v) is 9.08. The van der Waals surface area contributed by atoms with Crippen LogP contribution in [0.15, 0.2) is 83.5 Å². The summed E-state index contributed by atoms with van der Waals surface area (Å²) in [6, 6.07) is 18.4. The average Bonchev–Trinajstić information content (AvgIpc) is 3.76. The molecule has 0 aliphatic carbocycles. The van der Waals surface area contributed by atoms with E-state index in [0.717, 1.165) is 64.8 Å². The molecule has 5 unspecified atom stereocenters. The Morgan fingerprint density at radius 3 is 2.15 bits per heavy atom. The first-order valence-corrected chi connectivity index (χ1v) is 17.4. The summed E-state index contributed by atoms with van der Waals surface area (Å²) in [5.41, 5.74) is 5.11. The second-order valence-electron chi connectivity index (χ2n) is 12.7. The molecule has 52 heavy (non-hydrogen) atoms. The predicted octanol–water partition coefficient (Wildman–Crippen LogP) is 6.34. The van der Waals surface area contributed by atoms with E-state index in [0.29, 0.717) is 25.6 Å². The van der Waals surface area contributed by atoms with Gasteiger partial charge in [0.1, 0.15) is 41.8 Å². The van der Waals surface area contributed by atoms with Crippen LogP contribution >= 0.6 is 0 Å². The van der Waals surface area contributed by atoms with Crippen molar-refractivity contribution in [2.24, 2.45) is 16.1 Å². The average molecular weight is 715 g/mol. The van der Waals surface area contributed by atoms with E-state index in [2.05, 4.69) is 16.8 Å². The highest BCUT2D eigenvalue weighted by Crippen LogP contribution is 2.34. The van der Waals surface area contributed by atoms with Crippen molar-refractivity contribution >= 4 is 24.4 Å². The summed E-state index contributed by atoms with van der Waals surface area (Å²) in [7, 11) is 1.60. The molecule has 2 fully saturated rings. The molecule has 0 bridgehead atoms. The van der Waals surface area contributed by atoms with Crippen molar-refractivity contribution in [3.05, 3.63) is 107 Å². The van der Waals surface area contributed by atoms with E-state index in [4.69, 9.17) is 33.3 Å². The number of methoxy groups -OCH3 is 1. The highest BCUT2D eigenvalue weighted by atomic mass is 17.1. The van der Waals surface area contributed by atoms with Crippen LogP contribution in [0.2, 0.25) is 0 Å². The van der Waals surface area contributed by atoms with E-state index in [1.54, 1.807) is 43.8 Å². The smallest absolute Gasteiger partial charge is 0.330 e. The molecule has 3 aromatic rings. The lowest BCUT2D eigenvalue weighted by atomic mass is 9.92. The maximum atomic E-state index is 12.8. The van der Waals surface area contributed by atoms with E-state index in [9.17, 15) is 14.8 Å². The number of carbonyl (C=O) groups is 2. The van der Waals surface area contributed by atoms with Crippen molar-refractivity contribution < 1.29 is 48.2 Å². The van der Waals surface area contributed by atoms with E-state index in [-0.39, 0.29) is 24.9 Å². The van der Waals surface area contributed by atoms with Crippen LogP contribution in [0.5, 0.6) is 11.5 Å². The van der Waals surface area contributed by atoms with Gasteiger partial charge in [-0.15, -0.1) is 0 Å². The fourth-order valence-corrected chi connectivity index (χ4v) is 6.38. The quantitative estimate of drug-likeness (QED) is 0.0302. The van der Waals surface area contributed by atoms with Crippen LogP contribution in [0.3, 0.4) is 0 Å². The predicted molar refractivity (Wildman–Crippen MR) is 194 cm³/mol. The number of nitrogens with zero attached hydrogens (tertiary/aromatic N) is 2.